The number of allylic oxidation sites excluding steroid dienone is 1. The van der Waals surface area contributed by atoms with Gasteiger partial charge in [0, 0.05) is 30.4 Å². The molecule has 2 aromatic rings. The Bertz CT molecular complexity index is 802. The molecule has 0 aliphatic carbocycles. The fourth-order valence-electron chi connectivity index (χ4n) is 3.53. The summed E-state index contributed by atoms with van der Waals surface area (Å²) in [4.78, 5) is 2.35. The van der Waals surface area contributed by atoms with E-state index >= 15 is 0 Å². The lowest BCUT2D eigenvalue weighted by Crippen LogP contribution is -2.24. The Hall–Kier alpha value is -2.66. The minimum absolute atomic E-state index is 0.165. The van der Waals surface area contributed by atoms with Crippen LogP contribution in [0.5, 0.6) is 11.5 Å². The van der Waals surface area contributed by atoms with Crippen molar-refractivity contribution in [1.82, 2.24) is 5.32 Å². The van der Waals surface area contributed by atoms with Crippen molar-refractivity contribution >= 4 is 5.69 Å². The molecule has 2 aromatic carbocycles. The average Bonchev–Trinajstić information content (AvgIpc) is 3.17. The summed E-state index contributed by atoms with van der Waals surface area (Å²) in [5.74, 6) is 1.74. The summed E-state index contributed by atoms with van der Waals surface area (Å²) in [6.07, 6.45) is 1.37. The van der Waals surface area contributed by atoms with Crippen molar-refractivity contribution in [1.29, 1.82) is 0 Å². The molecule has 0 bridgehead atoms. The summed E-state index contributed by atoms with van der Waals surface area (Å²) in [5.41, 5.74) is 3.38. The van der Waals surface area contributed by atoms with Crippen molar-refractivity contribution in [2.24, 2.45) is 0 Å². The summed E-state index contributed by atoms with van der Waals surface area (Å²) < 4.78 is 17.3. The highest BCUT2D eigenvalue weighted by molar-refractivity contribution is 5.50. The third kappa shape index (κ3) is 6.42. The Morgan fingerprint density at radius 1 is 1.07 bits per heavy atom. The molecule has 1 unspecified atom stereocenters. The summed E-state index contributed by atoms with van der Waals surface area (Å²) in [5, 5.41) is 3.34. The number of nitrogens with one attached hydrogen (secondary N) is 1. The molecule has 0 aromatic heterocycles. The van der Waals surface area contributed by atoms with Gasteiger partial charge in [0.2, 0.25) is 0 Å². The number of ether oxygens (including phenoxy) is 3. The van der Waals surface area contributed by atoms with Crippen LogP contribution in [0.3, 0.4) is 0 Å². The molecule has 1 aliphatic rings. The molecule has 1 saturated heterocycles. The van der Waals surface area contributed by atoms with Crippen LogP contribution in [0, 0.1) is 0 Å². The smallest absolute Gasteiger partial charge is 0.189 e. The average molecular weight is 411 g/mol. The second-order valence-corrected chi connectivity index (χ2v) is 8.16. The Morgan fingerprint density at radius 2 is 1.73 bits per heavy atom. The van der Waals surface area contributed by atoms with E-state index in [1.54, 1.807) is 0 Å². The zero-order chi connectivity index (χ0) is 21.5. The lowest BCUT2D eigenvalue weighted by atomic mass is 10.1. The molecule has 0 spiro atoms. The standard InChI is InChI=1S/C25H34N2O3/c1-18(2)26-20(5)21-6-10-24(11-7-21)30-25-14-15-27(16-25)22-8-12-23(13-9-22)29-17-28-19(3)4/h6-13,19-20,25-26H,1,14-17H2,2-5H3/t20-,25?/m0/s1. The van der Waals surface area contributed by atoms with Crippen molar-refractivity contribution in [2.45, 2.75) is 52.4 Å². The second-order valence-electron chi connectivity index (χ2n) is 8.16. The fourth-order valence-corrected chi connectivity index (χ4v) is 3.53. The molecule has 0 saturated carbocycles. The molecule has 1 heterocycles. The normalized spacial score (nSPS) is 17.1. The van der Waals surface area contributed by atoms with Gasteiger partial charge in [0.15, 0.2) is 6.79 Å². The molecule has 5 heteroatoms. The molecule has 30 heavy (non-hydrogen) atoms. The van der Waals surface area contributed by atoms with E-state index in [0.29, 0.717) is 0 Å². The number of rotatable bonds is 10. The highest BCUT2D eigenvalue weighted by Crippen LogP contribution is 2.26. The third-order valence-electron chi connectivity index (χ3n) is 5.12. The molecule has 5 nitrogen and oxygen atoms in total. The maximum atomic E-state index is 6.22. The number of nitrogens with zero attached hydrogens (tertiary/aromatic N) is 1. The van der Waals surface area contributed by atoms with Crippen LogP contribution in [0.1, 0.15) is 45.7 Å². The zero-order valence-corrected chi connectivity index (χ0v) is 18.6. The maximum Gasteiger partial charge on any atom is 0.189 e. The molecular weight excluding hydrogens is 376 g/mol. The van der Waals surface area contributed by atoms with E-state index in [1.165, 1.54) is 11.3 Å². The highest BCUT2D eigenvalue weighted by atomic mass is 16.7. The first kappa shape index (κ1) is 22.0. The highest BCUT2D eigenvalue weighted by Gasteiger charge is 2.24. The Labute approximate surface area is 180 Å². The Balaban J connectivity index is 1.49. The zero-order valence-electron chi connectivity index (χ0n) is 18.6. The van der Waals surface area contributed by atoms with Crippen molar-refractivity contribution in [2.75, 3.05) is 24.8 Å². The first-order valence-electron chi connectivity index (χ1n) is 10.7. The van der Waals surface area contributed by atoms with E-state index in [4.69, 9.17) is 14.2 Å². The second kappa shape index (κ2) is 10.4. The first-order valence-corrected chi connectivity index (χ1v) is 10.7. The Kier molecular flexibility index (Phi) is 7.63. The monoisotopic (exact) mass is 410 g/mol. The number of hydrogen-bond acceptors (Lipinski definition) is 5. The molecule has 1 fully saturated rings. The van der Waals surface area contributed by atoms with Crippen LogP contribution < -0.4 is 19.7 Å². The maximum absolute atomic E-state index is 6.22. The van der Waals surface area contributed by atoms with Crippen LogP contribution >= 0.6 is 0 Å². The van der Waals surface area contributed by atoms with Gasteiger partial charge in [0.1, 0.15) is 17.6 Å². The number of benzene rings is 2. The lowest BCUT2D eigenvalue weighted by molar-refractivity contribution is -0.0199. The van der Waals surface area contributed by atoms with E-state index in [1.807, 2.05) is 32.9 Å². The van der Waals surface area contributed by atoms with E-state index in [-0.39, 0.29) is 25.0 Å². The molecule has 0 amide bonds. The minimum Gasteiger partial charge on any atom is -0.489 e. The third-order valence-corrected chi connectivity index (χ3v) is 5.12. The van der Waals surface area contributed by atoms with Gasteiger partial charge in [-0.2, -0.15) is 0 Å². The van der Waals surface area contributed by atoms with Crippen LogP contribution in [-0.2, 0) is 4.74 Å². The predicted octanol–water partition coefficient (Wildman–Crippen LogP) is 5.29. The van der Waals surface area contributed by atoms with Gasteiger partial charge in [0.25, 0.3) is 0 Å². The number of hydrogen-bond donors (Lipinski definition) is 1. The molecule has 1 aliphatic heterocycles. The minimum atomic E-state index is 0.165. The van der Waals surface area contributed by atoms with Gasteiger partial charge in [0.05, 0.1) is 12.6 Å². The lowest BCUT2D eigenvalue weighted by Gasteiger charge is -2.20. The van der Waals surface area contributed by atoms with Crippen molar-refractivity contribution < 1.29 is 14.2 Å². The first-order chi connectivity index (χ1) is 14.4. The van der Waals surface area contributed by atoms with Gasteiger partial charge < -0.3 is 24.4 Å². The van der Waals surface area contributed by atoms with E-state index in [9.17, 15) is 0 Å². The van der Waals surface area contributed by atoms with E-state index < -0.39 is 0 Å². The van der Waals surface area contributed by atoms with Crippen molar-refractivity contribution in [3.05, 3.63) is 66.4 Å². The van der Waals surface area contributed by atoms with Gasteiger partial charge in [-0.15, -0.1) is 0 Å². The van der Waals surface area contributed by atoms with E-state index in [0.717, 1.165) is 36.7 Å². The van der Waals surface area contributed by atoms with Gasteiger partial charge in [-0.1, -0.05) is 18.7 Å². The topological polar surface area (TPSA) is 43.0 Å². The van der Waals surface area contributed by atoms with Crippen LogP contribution in [0.25, 0.3) is 0 Å². The van der Waals surface area contributed by atoms with Crippen LogP contribution in [0.4, 0.5) is 5.69 Å². The number of anilines is 1. The summed E-state index contributed by atoms with van der Waals surface area (Å²) in [6.45, 7) is 14.1. The van der Waals surface area contributed by atoms with Gasteiger partial charge >= 0.3 is 0 Å². The van der Waals surface area contributed by atoms with Crippen LogP contribution in [-0.4, -0.2) is 32.1 Å². The van der Waals surface area contributed by atoms with Crippen molar-refractivity contribution in [3.63, 3.8) is 0 Å². The Morgan fingerprint density at radius 3 is 2.37 bits per heavy atom. The van der Waals surface area contributed by atoms with Gasteiger partial charge in [-0.05, 0) is 69.7 Å². The fraction of sp³-hybridized carbons (Fsp3) is 0.440. The molecule has 0 radical (unpaired) electrons. The molecule has 2 atom stereocenters. The van der Waals surface area contributed by atoms with Crippen molar-refractivity contribution in [3.8, 4) is 11.5 Å². The van der Waals surface area contributed by atoms with Crippen LogP contribution in [0.2, 0.25) is 0 Å². The van der Waals surface area contributed by atoms with E-state index in [2.05, 4.69) is 60.1 Å². The summed E-state index contributed by atoms with van der Waals surface area (Å²) in [6, 6.07) is 16.8. The predicted molar refractivity (Wildman–Crippen MR) is 122 cm³/mol. The SMILES string of the molecule is C=C(C)N[C@@H](C)c1ccc(OC2CCN(c3ccc(OCOC(C)C)cc3)C2)cc1. The van der Waals surface area contributed by atoms with Gasteiger partial charge in [-0.3, -0.25) is 0 Å². The quantitative estimate of drug-likeness (QED) is 0.539. The summed E-state index contributed by atoms with van der Waals surface area (Å²) in [7, 11) is 0. The molecule has 3 rings (SSSR count). The molecular formula is C25H34N2O3. The van der Waals surface area contributed by atoms with Crippen LogP contribution in [0.15, 0.2) is 60.8 Å². The summed E-state index contributed by atoms with van der Waals surface area (Å²) >= 11 is 0. The molecule has 162 valence electrons. The largest absolute Gasteiger partial charge is 0.489 e. The van der Waals surface area contributed by atoms with Gasteiger partial charge in [-0.25, -0.2) is 0 Å². The molecule has 1 N–H and O–H groups in total.